The van der Waals surface area contributed by atoms with Crippen LogP contribution in [0.25, 0.3) is 0 Å². The zero-order valence-electron chi connectivity index (χ0n) is 18.6. The summed E-state index contributed by atoms with van der Waals surface area (Å²) in [6.07, 6.45) is -1.02. The van der Waals surface area contributed by atoms with Crippen molar-refractivity contribution in [2.45, 2.75) is 57.8 Å². The summed E-state index contributed by atoms with van der Waals surface area (Å²) in [7, 11) is -3.62. The molecule has 1 fully saturated rings. The maximum absolute atomic E-state index is 12.9. The van der Waals surface area contributed by atoms with E-state index in [1.54, 1.807) is 19.1 Å². The predicted octanol–water partition coefficient (Wildman–Crippen LogP) is 3.51. The standard InChI is InChI=1S/C23H30N2O5S/c1-15-7-6-8-22(18(15)4)30-19(5)23(26)24-20-9-11-21(12-10-20)31(27,28)25-13-16(2)29-17(3)14-25/h6-12,16-17,19H,13-14H2,1-5H3,(H,24,26)/t16-,17+,19-/m0/s1. The van der Waals surface area contributed by atoms with Crippen molar-refractivity contribution in [3.8, 4) is 5.75 Å². The summed E-state index contributed by atoms with van der Waals surface area (Å²) in [5, 5.41) is 2.78. The molecule has 3 rings (SSSR count). The number of sulfonamides is 1. The Morgan fingerprint density at radius 1 is 1.10 bits per heavy atom. The Morgan fingerprint density at radius 3 is 2.32 bits per heavy atom. The van der Waals surface area contributed by atoms with E-state index in [1.807, 2.05) is 45.9 Å². The van der Waals surface area contributed by atoms with Gasteiger partial charge in [-0.25, -0.2) is 8.42 Å². The lowest BCUT2D eigenvalue weighted by molar-refractivity contribution is -0.122. The van der Waals surface area contributed by atoms with Crippen LogP contribution in [0, 0.1) is 13.8 Å². The SMILES string of the molecule is Cc1cccc(O[C@@H](C)C(=O)Nc2ccc(S(=O)(=O)N3C[C@@H](C)O[C@@H](C)C3)cc2)c1C. The number of nitrogens with zero attached hydrogens (tertiary/aromatic N) is 1. The number of aryl methyl sites for hydroxylation is 1. The number of benzene rings is 2. The van der Waals surface area contributed by atoms with E-state index in [1.165, 1.54) is 16.4 Å². The number of carbonyl (C=O) groups excluding carboxylic acids is 1. The minimum atomic E-state index is -3.62. The molecule has 31 heavy (non-hydrogen) atoms. The molecule has 0 bridgehead atoms. The van der Waals surface area contributed by atoms with Crippen molar-refractivity contribution < 1.29 is 22.7 Å². The molecule has 0 aromatic heterocycles. The van der Waals surface area contributed by atoms with E-state index in [2.05, 4.69) is 5.32 Å². The fourth-order valence-corrected chi connectivity index (χ4v) is 5.12. The van der Waals surface area contributed by atoms with Crippen LogP contribution in [0.1, 0.15) is 31.9 Å². The Balaban J connectivity index is 1.66. The Bertz CT molecular complexity index is 1030. The quantitative estimate of drug-likeness (QED) is 0.734. The highest BCUT2D eigenvalue weighted by Gasteiger charge is 2.32. The van der Waals surface area contributed by atoms with E-state index in [9.17, 15) is 13.2 Å². The number of amides is 1. The van der Waals surface area contributed by atoms with Crippen LogP contribution in [0.4, 0.5) is 5.69 Å². The van der Waals surface area contributed by atoms with Gasteiger partial charge >= 0.3 is 0 Å². The van der Waals surface area contributed by atoms with Crippen molar-refractivity contribution in [2.75, 3.05) is 18.4 Å². The Morgan fingerprint density at radius 2 is 1.71 bits per heavy atom. The molecular formula is C23H30N2O5S. The fourth-order valence-electron chi connectivity index (χ4n) is 3.53. The van der Waals surface area contributed by atoms with Crippen LogP contribution in [-0.2, 0) is 19.6 Å². The lowest BCUT2D eigenvalue weighted by Gasteiger charge is -2.34. The average Bonchev–Trinajstić information content (AvgIpc) is 2.71. The monoisotopic (exact) mass is 446 g/mol. The molecule has 8 heteroatoms. The van der Waals surface area contributed by atoms with Gasteiger partial charge in [0, 0.05) is 18.8 Å². The molecule has 0 unspecified atom stereocenters. The normalized spacial score (nSPS) is 20.8. The van der Waals surface area contributed by atoms with Gasteiger partial charge in [0.15, 0.2) is 6.10 Å². The van der Waals surface area contributed by atoms with Gasteiger partial charge in [0.2, 0.25) is 10.0 Å². The summed E-state index contributed by atoms with van der Waals surface area (Å²) in [6, 6.07) is 11.9. The topological polar surface area (TPSA) is 84.9 Å². The first-order valence-corrected chi connectivity index (χ1v) is 11.8. The molecule has 1 heterocycles. The van der Waals surface area contributed by atoms with E-state index in [-0.39, 0.29) is 23.0 Å². The second kappa shape index (κ2) is 9.38. The molecular weight excluding hydrogens is 416 g/mol. The molecule has 0 spiro atoms. The van der Waals surface area contributed by atoms with Gasteiger partial charge in [0.05, 0.1) is 17.1 Å². The van der Waals surface area contributed by atoms with E-state index < -0.39 is 16.1 Å². The van der Waals surface area contributed by atoms with Gasteiger partial charge < -0.3 is 14.8 Å². The highest BCUT2D eigenvalue weighted by molar-refractivity contribution is 7.89. The Hall–Kier alpha value is -2.42. The van der Waals surface area contributed by atoms with E-state index in [0.29, 0.717) is 24.5 Å². The maximum atomic E-state index is 12.9. The van der Waals surface area contributed by atoms with E-state index >= 15 is 0 Å². The Kier molecular flexibility index (Phi) is 7.03. The second-order valence-corrected chi connectivity index (χ2v) is 9.99. The molecule has 1 N–H and O–H groups in total. The van der Waals surface area contributed by atoms with Gasteiger partial charge in [0.1, 0.15) is 5.75 Å². The summed E-state index contributed by atoms with van der Waals surface area (Å²) in [5.41, 5.74) is 2.58. The number of ether oxygens (including phenoxy) is 2. The fraction of sp³-hybridized carbons (Fsp3) is 0.435. The first-order valence-electron chi connectivity index (χ1n) is 10.4. The van der Waals surface area contributed by atoms with Crippen molar-refractivity contribution in [1.29, 1.82) is 0 Å². The van der Waals surface area contributed by atoms with Crippen LogP contribution < -0.4 is 10.1 Å². The lowest BCUT2D eigenvalue weighted by atomic mass is 10.1. The van der Waals surface area contributed by atoms with Crippen molar-refractivity contribution >= 4 is 21.6 Å². The molecule has 168 valence electrons. The van der Waals surface area contributed by atoms with Gasteiger partial charge in [-0.2, -0.15) is 4.31 Å². The average molecular weight is 447 g/mol. The first-order chi connectivity index (χ1) is 14.6. The largest absolute Gasteiger partial charge is 0.481 e. The number of rotatable bonds is 6. The molecule has 3 atom stereocenters. The predicted molar refractivity (Wildman–Crippen MR) is 120 cm³/mol. The molecule has 1 saturated heterocycles. The molecule has 1 aliphatic rings. The van der Waals surface area contributed by atoms with Gasteiger partial charge in [-0.15, -0.1) is 0 Å². The van der Waals surface area contributed by atoms with Crippen LogP contribution in [0.5, 0.6) is 5.75 Å². The zero-order valence-corrected chi connectivity index (χ0v) is 19.4. The summed E-state index contributed by atoms with van der Waals surface area (Å²) in [6.45, 7) is 9.97. The molecule has 0 aliphatic carbocycles. The number of carbonyl (C=O) groups is 1. The van der Waals surface area contributed by atoms with Crippen LogP contribution in [0.15, 0.2) is 47.4 Å². The number of morpholine rings is 1. The smallest absolute Gasteiger partial charge is 0.265 e. The van der Waals surface area contributed by atoms with E-state index in [0.717, 1.165) is 11.1 Å². The molecule has 7 nitrogen and oxygen atoms in total. The third-order valence-electron chi connectivity index (χ3n) is 5.37. The van der Waals surface area contributed by atoms with Gasteiger partial charge in [-0.1, -0.05) is 12.1 Å². The lowest BCUT2D eigenvalue weighted by Crippen LogP contribution is -2.48. The Labute approximate surface area is 184 Å². The van der Waals surface area contributed by atoms with Crippen molar-refractivity contribution in [1.82, 2.24) is 4.31 Å². The number of hydrogen-bond acceptors (Lipinski definition) is 5. The highest BCUT2D eigenvalue weighted by Crippen LogP contribution is 2.24. The van der Waals surface area contributed by atoms with Crippen LogP contribution in [-0.4, -0.2) is 50.0 Å². The number of anilines is 1. The molecule has 1 aliphatic heterocycles. The van der Waals surface area contributed by atoms with Gasteiger partial charge in [-0.3, -0.25) is 4.79 Å². The van der Waals surface area contributed by atoms with Crippen LogP contribution >= 0.6 is 0 Å². The van der Waals surface area contributed by atoms with Gasteiger partial charge in [0.25, 0.3) is 5.91 Å². The molecule has 0 saturated carbocycles. The van der Waals surface area contributed by atoms with Crippen LogP contribution in [0.2, 0.25) is 0 Å². The van der Waals surface area contributed by atoms with Gasteiger partial charge in [-0.05, 0) is 76.1 Å². The summed E-state index contributed by atoms with van der Waals surface area (Å²) >= 11 is 0. The molecule has 1 amide bonds. The first kappa shape index (κ1) is 23.2. The third kappa shape index (κ3) is 5.44. The number of nitrogens with one attached hydrogen (secondary N) is 1. The molecule has 2 aromatic rings. The van der Waals surface area contributed by atoms with Crippen molar-refractivity contribution in [3.05, 3.63) is 53.6 Å². The van der Waals surface area contributed by atoms with Crippen LogP contribution in [0.3, 0.4) is 0 Å². The van der Waals surface area contributed by atoms with Crippen molar-refractivity contribution in [2.24, 2.45) is 0 Å². The minimum absolute atomic E-state index is 0.157. The highest BCUT2D eigenvalue weighted by atomic mass is 32.2. The summed E-state index contributed by atoms with van der Waals surface area (Å²) in [5.74, 6) is 0.352. The molecule has 0 radical (unpaired) electrons. The van der Waals surface area contributed by atoms with E-state index in [4.69, 9.17) is 9.47 Å². The zero-order chi connectivity index (χ0) is 22.8. The third-order valence-corrected chi connectivity index (χ3v) is 7.22. The number of hydrogen-bond donors (Lipinski definition) is 1. The second-order valence-electron chi connectivity index (χ2n) is 8.05. The maximum Gasteiger partial charge on any atom is 0.265 e. The van der Waals surface area contributed by atoms with Crippen molar-refractivity contribution in [3.63, 3.8) is 0 Å². The minimum Gasteiger partial charge on any atom is -0.481 e. The summed E-state index contributed by atoms with van der Waals surface area (Å²) < 4.78 is 38.8. The molecule has 2 aromatic carbocycles. The summed E-state index contributed by atoms with van der Waals surface area (Å²) in [4.78, 5) is 12.7.